The topological polar surface area (TPSA) is 61.4 Å². The van der Waals surface area contributed by atoms with Gasteiger partial charge in [0.15, 0.2) is 0 Å². The van der Waals surface area contributed by atoms with Gasteiger partial charge in [-0.05, 0) is 39.7 Å². The lowest BCUT2D eigenvalue weighted by molar-refractivity contribution is -0.127. The summed E-state index contributed by atoms with van der Waals surface area (Å²) in [6.45, 7) is 8.60. The van der Waals surface area contributed by atoms with E-state index in [1.165, 1.54) is 4.90 Å². The van der Waals surface area contributed by atoms with Crippen LogP contribution in [0.15, 0.2) is 35.2 Å². The minimum atomic E-state index is -0.153. The molecule has 0 aliphatic heterocycles. The van der Waals surface area contributed by atoms with Crippen LogP contribution >= 0.6 is 0 Å². The van der Waals surface area contributed by atoms with Crippen LogP contribution in [0.3, 0.4) is 0 Å². The van der Waals surface area contributed by atoms with E-state index in [9.17, 15) is 9.59 Å². The summed E-state index contributed by atoms with van der Waals surface area (Å²) in [6, 6.07) is 0. The number of carbonyl (C=O) groups excluding carboxylic acids is 2. The van der Waals surface area contributed by atoms with Gasteiger partial charge >= 0.3 is 0 Å². The van der Waals surface area contributed by atoms with Crippen molar-refractivity contribution in [2.24, 2.45) is 0 Å². The number of likely N-dealkylation sites (N-methyl/N-ethyl adjacent to an activating group) is 1. The van der Waals surface area contributed by atoms with Crippen LogP contribution in [0.1, 0.15) is 34.1 Å². The molecule has 5 nitrogen and oxygen atoms in total. The minimum absolute atomic E-state index is 0.0844. The molecule has 0 aliphatic carbocycles. The van der Waals surface area contributed by atoms with E-state index in [0.717, 1.165) is 23.4 Å². The first-order valence-corrected chi connectivity index (χ1v) is 7.09. The van der Waals surface area contributed by atoms with E-state index in [-0.39, 0.29) is 12.5 Å². The van der Waals surface area contributed by atoms with Gasteiger partial charge in [-0.15, -0.1) is 0 Å². The summed E-state index contributed by atoms with van der Waals surface area (Å²) in [5.74, 6) is -0.153. The van der Waals surface area contributed by atoms with Crippen LogP contribution in [0.25, 0.3) is 0 Å². The fourth-order valence-electron chi connectivity index (χ4n) is 1.70. The summed E-state index contributed by atoms with van der Waals surface area (Å²) < 4.78 is 0. The van der Waals surface area contributed by atoms with Gasteiger partial charge in [-0.3, -0.25) is 9.59 Å². The zero-order chi connectivity index (χ0) is 16.3. The van der Waals surface area contributed by atoms with E-state index in [4.69, 9.17) is 0 Å². The highest BCUT2D eigenvalue weighted by Crippen LogP contribution is 2.09. The zero-order valence-corrected chi connectivity index (χ0v) is 13.7. The molecule has 21 heavy (non-hydrogen) atoms. The van der Waals surface area contributed by atoms with Gasteiger partial charge in [0, 0.05) is 25.0 Å². The number of amides is 2. The molecule has 0 saturated carbocycles. The third-order valence-corrected chi connectivity index (χ3v) is 2.96. The van der Waals surface area contributed by atoms with Gasteiger partial charge in [0.25, 0.3) is 0 Å². The molecule has 5 heteroatoms. The first-order valence-electron chi connectivity index (χ1n) is 7.09. The molecular weight excluding hydrogens is 266 g/mol. The van der Waals surface area contributed by atoms with Crippen molar-refractivity contribution in [1.82, 2.24) is 15.5 Å². The Morgan fingerprint density at radius 1 is 1.24 bits per heavy atom. The van der Waals surface area contributed by atoms with E-state index in [0.29, 0.717) is 13.0 Å². The molecule has 0 saturated heterocycles. The molecule has 0 fully saturated rings. The molecule has 0 spiro atoms. The monoisotopic (exact) mass is 293 g/mol. The second-order valence-corrected chi connectivity index (χ2v) is 4.87. The predicted molar refractivity (Wildman–Crippen MR) is 86.4 cm³/mol. The van der Waals surface area contributed by atoms with Crippen LogP contribution in [0.4, 0.5) is 0 Å². The Morgan fingerprint density at radius 3 is 2.43 bits per heavy atom. The van der Waals surface area contributed by atoms with Crippen LogP contribution < -0.4 is 10.6 Å². The third kappa shape index (κ3) is 8.68. The van der Waals surface area contributed by atoms with E-state index >= 15 is 0 Å². The Balaban J connectivity index is 4.50. The third-order valence-electron chi connectivity index (χ3n) is 2.96. The van der Waals surface area contributed by atoms with E-state index in [1.807, 2.05) is 45.9 Å². The van der Waals surface area contributed by atoms with E-state index in [2.05, 4.69) is 10.6 Å². The highest BCUT2D eigenvalue weighted by atomic mass is 16.2. The van der Waals surface area contributed by atoms with Crippen LogP contribution in [-0.2, 0) is 9.59 Å². The Kier molecular flexibility index (Phi) is 9.67. The molecule has 0 radical (unpaired) electrons. The van der Waals surface area contributed by atoms with Crippen LogP contribution in [-0.4, -0.2) is 37.4 Å². The minimum Gasteiger partial charge on any atom is -0.363 e. The normalized spacial score (nSPS) is 12.9. The molecule has 0 aromatic carbocycles. The van der Waals surface area contributed by atoms with Gasteiger partial charge in [-0.25, -0.2) is 0 Å². The average molecular weight is 293 g/mol. The summed E-state index contributed by atoms with van der Waals surface area (Å²) in [5.41, 5.74) is 3.30. The maximum absolute atomic E-state index is 11.6. The highest BCUT2D eigenvalue weighted by Gasteiger charge is 2.05. The fourth-order valence-corrected chi connectivity index (χ4v) is 1.70. The van der Waals surface area contributed by atoms with Gasteiger partial charge in [-0.2, -0.15) is 0 Å². The van der Waals surface area contributed by atoms with Crippen LogP contribution in [0.5, 0.6) is 0 Å². The molecule has 0 aliphatic rings. The number of nitrogens with one attached hydrogen (secondary N) is 2. The van der Waals surface area contributed by atoms with Crippen molar-refractivity contribution in [3.05, 3.63) is 35.2 Å². The second kappa shape index (κ2) is 10.7. The maximum atomic E-state index is 11.6. The Hall–Kier alpha value is -2.04. The molecule has 0 rings (SSSR count). The maximum Gasteiger partial charge on any atom is 0.239 e. The summed E-state index contributed by atoms with van der Waals surface area (Å²) in [7, 11) is 1.58. The van der Waals surface area contributed by atoms with Crippen molar-refractivity contribution in [2.45, 2.75) is 34.1 Å². The first kappa shape index (κ1) is 19.0. The molecule has 0 aromatic rings. The van der Waals surface area contributed by atoms with Crippen LogP contribution in [0, 0.1) is 0 Å². The average Bonchev–Trinajstić information content (AvgIpc) is 2.45. The number of nitrogens with zero attached hydrogens (tertiary/aromatic N) is 1. The van der Waals surface area contributed by atoms with Crippen molar-refractivity contribution in [3.8, 4) is 0 Å². The summed E-state index contributed by atoms with van der Waals surface area (Å²) >= 11 is 0. The van der Waals surface area contributed by atoms with Gasteiger partial charge in [0.2, 0.25) is 12.3 Å². The molecule has 2 amide bonds. The van der Waals surface area contributed by atoms with E-state index in [1.54, 1.807) is 7.05 Å². The van der Waals surface area contributed by atoms with Crippen molar-refractivity contribution in [2.75, 3.05) is 20.1 Å². The molecule has 0 heterocycles. The summed E-state index contributed by atoms with van der Waals surface area (Å²) in [5, 5.41) is 6.13. The zero-order valence-electron chi connectivity index (χ0n) is 13.7. The van der Waals surface area contributed by atoms with Crippen molar-refractivity contribution in [3.63, 3.8) is 0 Å². The lowest BCUT2D eigenvalue weighted by Gasteiger charge is -2.14. The van der Waals surface area contributed by atoms with Crippen molar-refractivity contribution in [1.29, 1.82) is 0 Å². The molecule has 0 aromatic heterocycles. The standard InChI is InChI=1S/C16H27N3O2/c1-6-8-15(14(4)18-13(3)7-2)9-10-17-16(21)11-19(5)12-20/h6-8,12,18H,9-11H2,1-5H3,(H,17,21)/b8-6+,13-7+,15-14+. The van der Waals surface area contributed by atoms with Gasteiger partial charge in [0.05, 0.1) is 6.54 Å². The Labute approximate surface area is 127 Å². The molecule has 0 unspecified atom stereocenters. The van der Waals surface area contributed by atoms with Gasteiger partial charge < -0.3 is 15.5 Å². The number of allylic oxidation sites excluding steroid dienone is 5. The second-order valence-electron chi connectivity index (χ2n) is 4.87. The fraction of sp³-hybridized carbons (Fsp3) is 0.500. The van der Waals surface area contributed by atoms with Gasteiger partial charge in [0.1, 0.15) is 0 Å². The van der Waals surface area contributed by atoms with Crippen LogP contribution in [0.2, 0.25) is 0 Å². The molecule has 2 N–H and O–H groups in total. The number of hydrogen-bond acceptors (Lipinski definition) is 3. The molecule has 118 valence electrons. The predicted octanol–water partition coefficient (Wildman–Crippen LogP) is 1.94. The smallest absolute Gasteiger partial charge is 0.239 e. The highest BCUT2D eigenvalue weighted by molar-refractivity contribution is 5.79. The molecule has 0 bridgehead atoms. The van der Waals surface area contributed by atoms with Crippen molar-refractivity contribution < 1.29 is 9.59 Å². The lowest BCUT2D eigenvalue weighted by atomic mass is 10.1. The van der Waals surface area contributed by atoms with Gasteiger partial charge in [-0.1, -0.05) is 18.2 Å². The van der Waals surface area contributed by atoms with Crippen molar-refractivity contribution >= 4 is 12.3 Å². The number of rotatable bonds is 9. The summed E-state index contributed by atoms with van der Waals surface area (Å²) in [4.78, 5) is 23.3. The molecular formula is C16H27N3O2. The largest absolute Gasteiger partial charge is 0.363 e. The summed E-state index contributed by atoms with van der Waals surface area (Å²) in [6.07, 6.45) is 7.39. The number of hydrogen-bond donors (Lipinski definition) is 2. The van der Waals surface area contributed by atoms with E-state index < -0.39 is 0 Å². The Bertz CT molecular complexity index is 437. The lowest BCUT2D eigenvalue weighted by Crippen LogP contribution is -2.35. The Morgan fingerprint density at radius 2 is 1.90 bits per heavy atom. The molecule has 0 atom stereocenters. The SMILES string of the molecule is C/C=C/C(CCNC(=O)CN(C)C=O)=C(/C)N/C(C)=C/C. The quantitative estimate of drug-likeness (QED) is 0.504. The number of carbonyl (C=O) groups is 2. The first-order chi connectivity index (χ1) is 9.94.